The minimum Gasteiger partial charge on any atom is -0.439 e. The molecule has 1 fully saturated rings. The van der Waals surface area contributed by atoms with Gasteiger partial charge in [-0.1, -0.05) is 38.2 Å². The molecule has 4 bridgehead atoms. The van der Waals surface area contributed by atoms with Gasteiger partial charge in [0.25, 0.3) is 5.91 Å². The number of amides is 2. The number of nitrogens with zero attached hydrogens (tertiary/aromatic N) is 1. The Bertz CT molecular complexity index is 1290. The van der Waals surface area contributed by atoms with Crippen LogP contribution in [0.3, 0.4) is 0 Å². The molecule has 7 atom stereocenters. The van der Waals surface area contributed by atoms with Gasteiger partial charge in [-0.3, -0.25) is 14.4 Å². The number of carbonyl (C=O) groups excluding carboxylic acids is 4. The number of likely N-dealkylation sites (tertiary alicyclic amines) is 1. The molecule has 43 heavy (non-hydrogen) atoms. The van der Waals surface area contributed by atoms with Gasteiger partial charge in [-0.05, 0) is 32.1 Å². The van der Waals surface area contributed by atoms with Crippen molar-refractivity contribution >= 4 is 23.6 Å². The number of fused-ring (bicyclic) bond motifs is 10. The minimum atomic E-state index is -1.46. The zero-order chi connectivity index (χ0) is 31.4. The Hall–Kier alpha value is -3.58. The van der Waals surface area contributed by atoms with Crippen LogP contribution in [0.25, 0.3) is 0 Å². The molecule has 1 saturated heterocycles. The van der Waals surface area contributed by atoms with Gasteiger partial charge in [0.1, 0.15) is 6.10 Å². The summed E-state index contributed by atoms with van der Waals surface area (Å²) in [5, 5.41) is 13.7. The Morgan fingerprint density at radius 2 is 1.88 bits per heavy atom. The average molecular weight is 600 g/mol. The van der Waals surface area contributed by atoms with Crippen LogP contribution in [0.5, 0.6) is 0 Å². The molecule has 0 aromatic heterocycles. The molecule has 5 rings (SSSR count). The topological polar surface area (TPSA) is 167 Å². The Balaban J connectivity index is 1.77. The number of ether oxygens (including phenoxy) is 4. The van der Waals surface area contributed by atoms with Crippen LogP contribution < -0.4 is 11.1 Å². The highest BCUT2D eigenvalue weighted by molar-refractivity contribution is 6.23. The Morgan fingerprint density at radius 3 is 2.49 bits per heavy atom. The molecule has 234 valence electrons. The van der Waals surface area contributed by atoms with Crippen LogP contribution in [0.15, 0.2) is 58.5 Å². The molecule has 0 aromatic carbocycles. The van der Waals surface area contributed by atoms with Gasteiger partial charge in [0.2, 0.25) is 11.6 Å². The van der Waals surface area contributed by atoms with E-state index in [9.17, 15) is 24.3 Å². The molecule has 12 nitrogen and oxygen atoms in total. The van der Waals surface area contributed by atoms with Crippen LogP contribution in [-0.2, 0) is 33.3 Å². The largest absolute Gasteiger partial charge is 0.439 e. The zero-order valence-electron chi connectivity index (χ0n) is 25.2. The molecule has 0 spiro atoms. The summed E-state index contributed by atoms with van der Waals surface area (Å²) in [6.45, 7) is 6.75. The van der Waals surface area contributed by atoms with Crippen molar-refractivity contribution in [2.24, 2.45) is 17.6 Å². The van der Waals surface area contributed by atoms with E-state index < -0.39 is 48.5 Å². The van der Waals surface area contributed by atoms with Gasteiger partial charge in [0.05, 0.1) is 23.6 Å². The van der Waals surface area contributed by atoms with Crippen molar-refractivity contribution in [3.63, 3.8) is 0 Å². The van der Waals surface area contributed by atoms with E-state index in [1.807, 2.05) is 18.7 Å². The summed E-state index contributed by atoms with van der Waals surface area (Å²) < 4.78 is 22.8. The predicted molar refractivity (Wildman–Crippen MR) is 155 cm³/mol. The summed E-state index contributed by atoms with van der Waals surface area (Å²) in [6.07, 6.45) is 3.53. The fraction of sp³-hybridized carbons (Fsp3) is 0.548. The first-order valence-corrected chi connectivity index (χ1v) is 14.5. The number of rotatable bonds is 4. The van der Waals surface area contributed by atoms with Gasteiger partial charge in [-0.2, -0.15) is 0 Å². The third kappa shape index (κ3) is 7.15. The number of allylic oxidation sites excluding steroid dienone is 4. The van der Waals surface area contributed by atoms with Crippen molar-refractivity contribution in [3.05, 3.63) is 58.5 Å². The molecule has 0 saturated carbocycles. The lowest BCUT2D eigenvalue weighted by molar-refractivity contribution is -0.182. The molecule has 4 N–H and O–H groups in total. The summed E-state index contributed by atoms with van der Waals surface area (Å²) >= 11 is 0. The minimum absolute atomic E-state index is 0.0752. The molecular weight excluding hydrogens is 558 g/mol. The van der Waals surface area contributed by atoms with Crippen LogP contribution in [0.2, 0.25) is 0 Å². The lowest BCUT2D eigenvalue weighted by Crippen LogP contribution is -2.47. The van der Waals surface area contributed by atoms with E-state index in [2.05, 4.69) is 5.32 Å². The van der Waals surface area contributed by atoms with Gasteiger partial charge < -0.3 is 40.0 Å². The van der Waals surface area contributed by atoms with Gasteiger partial charge in [-0.15, -0.1) is 0 Å². The van der Waals surface area contributed by atoms with Gasteiger partial charge in [0.15, 0.2) is 12.4 Å². The number of ketones is 2. The van der Waals surface area contributed by atoms with Crippen LogP contribution in [0.4, 0.5) is 4.79 Å². The van der Waals surface area contributed by atoms with E-state index in [0.717, 1.165) is 6.42 Å². The lowest BCUT2D eigenvalue weighted by Gasteiger charge is -2.40. The summed E-state index contributed by atoms with van der Waals surface area (Å²) in [6, 6.07) is 0. The number of methoxy groups -OCH3 is 2. The average Bonchev–Trinajstić information content (AvgIpc) is 2.92. The first-order chi connectivity index (χ1) is 20.4. The van der Waals surface area contributed by atoms with Gasteiger partial charge in [0, 0.05) is 56.0 Å². The second kappa shape index (κ2) is 13.8. The number of hydrogen-bond donors (Lipinski definition) is 3. The van der Waals surface area contributed by atoms with Crippen LogP contribution in [0.1, 0.15) is 40.0 Å². The molecule has 3 unspecified atom stereocenters. The third-order valence-electron chi connectivity index (χ3n) is 8.28. The molecule has 4 heterocycles. The number of nitrogens with one attached hydrogen (secondary N) is 1. The predicted octanol–water partition coefficient (Wildman–Crippen LogP) is 1.80. The molecular formula is C31H41N3O9. The maximum atomic E-state index is 13.7. The first kappa shape index (κ1) is 32.3. The van der Waals surface area contributed by atoms with E-state index >= 15 is 0 Å². The van der Waals surface area contributed by atoms with Crippen molar-refractivity contribution in [2.45, 2.75) is 70.7 Å². The fourth-order valence-corrected chi connectivity index (χ4v) is 5.90. The fourth-order valence-electron chi connectivity index (χ4n) is 5.90. The monoisotopic (exact) mass is 599 g/mol. The summed E-state index contributed by atoms with van der Waals surface area (Å²) in [5.41, 5.74) is 6.53. The van der Waals surface area contributed by atoms with Crippen molar-refractivity contribution in [1.82, 2.24) is 10.2 Å². The van der Waals surface area contributed by atoms with Gasteiger partial charge in [-0.25, -0.2) is 4.79 Å². The van der Waals surface area contributed by atoms with Crippen LogP contribution in [0, 0.1) is 11.8 Å². The Labute approximate surface area is 251 Å². The highest BCUT2D eigenvalue weighted by Crippen LogP contribution is 2.35. The van der Waals surface area contributed by atoms with Crippen LogP contribution in [-0.4, -0.2) is 91.6 Å². The van der Waals surface area contributed by atoms with E-state index in [1.165, 1.54) is 31.4 Å². The van der Waals surface area contributed by atoms with Crippen molar-refractivity contribution in [2.75, 3.05) is 27.3 Å². The van der Waals surface area contributed by atoms with Crippen LogP contribution >= 0.6 is 0 Å². The Morgan fingerprint density at radius 1 is 1.16 bits per heavy atom. The second-order valence-electron chi connectivity index (χ2n) is 11.5. The standard InChI is InChI=1S/C31H41N3O9/c1-16-12-19-25(34-10-7-11-34)22(35)15-21(26(19)36)33-29(37)17(2)8-6-9-23(40-4)28(43-31(32)39)20-14-18(3)27(42-30(20)38)24(13-16)41-5/h6,8-9,14-16,18,23-24,27-28,30,38H,7,10-13H2,1-5H3,(H2,32,39)(H,33,37)/b9-6-,17-8+/t16-,18?,23+,24+,27?,28+,30?/m1/s1. The van der Waals surface area contributed by atoms with E-state index in [0.29, 0.717) is 30.8 Å². The number of aliphatic hydroxyl groups is 1. The molecule has 0 aromatic rings. The smallest absolute Gasteiger partial charge is 0.405 e. The van der Waals surface area contributed by atoms with E-state index in [4.69, 9.17) is 24.7 Å². The maximum absolute atomic E-state index is 13.7. The molecule has 12 heteroatoms. The number of primary amides is 1. The number of Topliss-reactive ketones (excluding diaryl/α,β-unsaturated/α-hetero) is 1. The summed E-state index contributed by atoms with van der Waals surface area (Å²) in [4.78, 5) is 53.8. The molecule has 1 aliphatic carbocycles. The molecule has 4 aliphatic heterocycles. The Kier molecular flexibility index (Phi) is 10.4. The molecule has 0 radical (unpaired) electrons. The first-order valence-electron chi connectivity index (χ1n) is 14.5. The summed E-state index contributed by atoms with van der Waals surface area (Å²) in [5.74, 6) is -1.70. The van der Waals surface area contributed by atoms with Crippen molar-refractivity contribution in [3.8, 4) is 0 Å². The quantitative estimate of drug-likeness (QED) is 0.320. The molecule has 5 aliphatic rings. The number of nitrogens with two attached hydrogens (primary N) is 1. The third-order valence-corrected chi connectivity index (χ3v) is 8.28. The number of hydrogen-bond acceptors (Lipinski definition) is 10. The lowest BCUT2D eigenvalue weighted by atomic mass is 9.83. The highest BCUT2D eigenvalue weighted by atomic mass is 16.6. The van der Waals surface area contributed by atoms with Crippen molar-refractivity contribution in [1.29, 1.82) is 0 Å². The normalized spacial score (nSPS) is 34.5. The van der Waals surface area contributed by atoms with Gasteiger partial charge >= 0.3 is 6.09 Å². The van der Waals surface area contributed by atoms with E-state index in [-0.39, 0.29) is 40.9 Å². The van der Waals surface area contributed by atoms with Crippen molar-refractivity contribution < 1.29 is 43.2 Å². The summed E-state index contributed by atoms with van der Waals surface area (Å²) in [7, 11) is 2.94. The number of carbonyl (C=O) groups is 4. The highest BCUT2D eigenvalue weighted by Gasteiger charge is 2.41. The van der Waals surface area contributed by atoms with E-state index in [1.54, 1.807) is 20.1 Å². The number of aliphatic hydroxyl groups excluding tert-OH is 1. The SMILES string of the molecule is CO[C@H]1C[C@H](C)CC2=C(N3CCC3)C(=O)C=C(NC(=O)/C(C)=C/C=C\[C@H](OC)[C@@H](OC(N)=O)C3=CC(C)C1OC3O)C2=O. The second-order valence-corrected chi connectivity index (χ2v) is 11.5. The maximum Gasteiger partial charge on any atom is 0.405 e. The molecule has 2 amide bonds. The zero-order valence-corrected chi connectivity index (χ0v) is 25.2.